The highest BCUT2D eigenvalue weighted by Gasteiger charge is 2.19. The van der Waals surface area contributed by atoms with E-state index in [1.54, 1.807) is 0 Å². The summed E-state index contributed by atoms with van der Waals surface area (Å²) in [6.07, 6.45) is 3.94. The molecule has 3 aromatic rings. The van der Waals surface area contributed by atoms with E-state index in [2.05, 4.69) is 9.97 Å². The Labute approximate surface area is 147 Å². The fourth-order valence-electron chi connectivity index (χ4n) is 2.40. The smallest absolute Gasteiger partial charge is 0.252 e. The number of aromatic nitrogens is 2. The number of amides is 1. The van der Waals surface area contributed by atoms with Gasteiger partial charge in [0.25, 0.3) is 5.91 Å². The molecule has 1 amide bonds. The molecular weight excluding hydrogens is 342 g/mol. The third-order valence-electron chi connectivity index (χ3n) is 3.67. The van der Waals surface area contributed by atoms with Gasteiger partial charge < -0.3 is 10.5 Å². The summed E-state index contributed by atoms with van der Waals surface area (Å²) in [5.41, 5.74) is 5.65. The largest absolute Gasteiger partial charge is 0.497 e. The van der Waals surface area contributed by atoms with Crippen molar-refractivity contribution in [1.82, 2.24) is 9.97 Å². The number of nitrogens with zero attached hydrogens (tertiary/aromatic N) is 3. The highest BCUT2D eigenvalue weighted by Crippen LogP contribution is 2.32. The van der Waals surface area contributed by atoms with Gasteiger partial charge in [-0.2, -0.15) is 5.12 Å². The maximum Gasteiger partial charge on any atom is 0.252 e. The fraction of sp³-hybridized carbons (Fsp3) is 0.0556. The Kier molecular flexibility index (Phi) is 4.74. The number of hydrogen-bond acceptors (Lipinski definition) is 5. The zero-order chi connectivity index (χ0) is 18.7. The zero-order valence-electron chi connectivity index (χ0n) is 13.7. The van der Waals surface area contributed by atoms with E-state index in [9.17, 15) is 13.7 Å². The lowest BCUT2D eigenvalue weighted by Gasteiger charge is -2.15. The number of halogens is 2. The number of ether oxygens (including phenoxy) is 1. The number of carbonyl (C=O) groups excluding carboxylic acids is 1. The second kappa shape index (κ2) is 7.14. The predicted octanol–water partition coefficient (Wildman–Crippen LogP) is 3.41. The summed E-state index contributed by atoms with van der Waals surface area (Å²) in [6, 6.07) is 8.41. The summed E-state index contributed by atoms with van der Waals surface area (Å²) in [5.74, 6) is -1.15. The first-order valence-electron chi connectivity index (χ1n) is 7.51. The fourth-order valence-corrected chi connectivity index (χ4v) is 2.40. The molecule has 26 heavy (non-hydrogen) atoms. The van der Waals surface area contributed by atoms with Crippen LogP contribution in [0.2, 0.25) is 0 Å². The number of anilines is 2. The first kappa shape index (κ1) is 17.3. The molecule has 0 bridgehead atoms. The average molecular weight is 356 g/mol. The van der Waals surface area contributed by atoms with Crippen molar-refractivity contribution in [2.24, 2.45) is 5.73 Å². The molecule has 0 radical (unpaired) electrons. The van der Waals surface area contributed by atoms with Crippen LogP contribution in [0.1, 0.15) is 10.4 Å². The Hall–Kier alpha value is -3.55. The van der Waals surface area contributed by atoms with Crippen LogP contribution in [-0.4, -0.2) is 23.0 Å². The Bertz CT molecular complexity index is 965. The van der Waals surface area contributed by atoms with Crippen molar-refractivity contribution in [2.75, 3.05) is 12.2 Å². The third-order valence-corrected chi connectivity index (χ3v) is 3.67. The van der Waals surface area contributed by atoms with E-state index >= 15 is 0 Å². The van der Waals surface area contributed by atoms with Gasteiger partial charge in [0.2, 0.25) is 0 Å². The Morgan fingerprint density at radius 2 is 2.04 bits per heavy atom. The quantitative estimate of drug-likeness (QED) is 0.709. The molecule has 0 spiro atoms. The number of benzene rings is 1. The normalized spacial score (nSPS) is 10.4. The summed E-state index contributed by atoms with van der Waals surface area (Å²) in [5, 5.41) is 0.175. The van der Waals surface area contributed by atoms with E-state index in [1.807, 2.05) is 0 Å². The maximum absolute atomic E-state index is 14.8. The Morgan fingerprint density at radius 3 is 2.77 bits per heavy atom. The van der Waals surface area contributed by atoms with E-state index < -0.39 is 11.7 Å². The van der Waals surface area contributed by atoms with Crippen LogP contribution in [0.15, 0.2) is 55.0 Å². The molecule has 3 rings (SSSR count). The molecule has 8 heteroatoms. The monoisotopic (exact) mass is 356 g/mol. The molecule has 6 nitrogen and oxygen atoms in total. The molecule has 0 saturated carbocycles. The van der Waals surface area contributed by atoms with Crippen LogP contribution in [0.3, 0.4) is 0 Å². The number of carbonyl (C=O) groups is 1. The first-order chi connectivity index (χ1) is 12.5. The topological polar surface area (TPSA) is 81.3 Å². The minimum atomic E-state index is -0.821. The number of rotatable bonds is 5. The van der Waals surface area contributed by atoms with Crippen LogP contribution >= 0.6 is 0 Å². The molecule has 0 atom stereocenters. The van der Waals surface area contributed by atoms with E-state index in [0.29, 0.717) is 11.3 Å². The number of methoxy groups -OCH3 is 1. The van der Waals surface area contributed by atoms with Crippen molar-refractivity contribution in [2.45, 2.75) is 0 Å². The van der Waals surface area contributed by atoms with Gasteiger partial charge in [-0.05, 0) is 36.4 Å². The summed E-state index contributed by atoms with van der Waals surface area (Å²) in [4.78, 5) is 19.3. The van der Waals surface area contributed by atoms with Gasteiger partial charge in [0.15, 0.2) is 5.82 Å². The van der Waals surface area contributed by atoms with Crippen molar-refractivity contribution in [1.29, 1.82) is 0 Å². The van der Waals surface area contributed by atoms with Crippen LogP contribution in [0, 0.1) is 5.82 Å². The van der Waals surface area contributed by atoms with Gasteiger partial charge in [0.05, 0.1) is 24.6 Å². The molecular formula is C18H14F2N4O2. The Morgan fingerprint density at radius 1 is 1.23 bits per heavy atom. The number of primary amides is 1. The standard InChI is InChI=1S/C18H14F2N4O2/c1-26-13-4-5-16(19)15(8-13)11-7-12(10-22-9-11)24(20)18-14(17(21)25)3-2-6-23-18/h2-10H,1H3,(H2,21,25). The van der Waals surface area contributed by atoms with E-state index in [4.69, 9.17) is 10.5 Å². The van der Waals surface area contributed by atoms with E-state index in [1.165, 1.54) is 62.1 Å². The third kappa shape index (κ3) is 3.30. The molecule has 0 unspecified atom stereocenters. The highest BCUT2D eigenvalue weighted by atomic mass is 19.2. The lowest BCUT2D eigenvalue weighted by molar-refractivity contribution is 0.1000. The van der Waals surface area contributed by atoms with Gasteiger partial charge in [-0.1, -0.05) is 4.48 Å². The van der Waals surface area contributed by atoms with Crippen molar-refractivity contribution < 1.29 is 18.4 Å². The van der Waals surface area contributed by atoms with Crippen LogP contribution in [0.4, 0.5) is 20.4 Å². The molecule has 0 fully saturated rings. The van der Waals surface area contributed by atoms with Gasteiger partial charge in [-0.15, -0.1) is 0 Å². The molecule has 2 N–H and O–H groups in total. The van der Waals surface area contributed by atoms with E-state index in [-0.39, 0.29) is 27.8 Å². The summed E-state index contributed by atoms with van der Waals surface area (Å²) >= 11 is 0. The van der Waals surface area contributed by atoms with Crippen molar-refractivity contribution in [3.63, 3.8) is 0 Å². The summed E-state index contributed by atoms with van der Waals surface area (Å²) in [6.45, 7) is 0. The van der Waals surface area contributed by atoms with Crippen molar-refractivity contribution in [3.05, 3.63) is 66.4 Å². The maximum atomic E-state index is 14.8. The number of pyridine rings is 2. The van der Waals surface area contributed by atoms with Crippen molar-refractivity contribution in [3.8, 4) is 16.9 Å². The van der Waals surface area contributed by atoms with Gasteiger partial charge in [0.1, 0.15) is 11.6 Å². The molecule has 2 aromatic heterocycles. The molecule has 2 heterocycles. The van der Waals surface area contributed by atoms with Gasteiger partial charge in [-0.25, -0.2) is 9.37 Å². The van der Waals surface area contributed by atoms with Crippen LogP contribution < -0.4 is 15.6 Å². The SMILES string of the molecule is COc1ccc(F)c(-c2cncc(N(F)c3ncccc3C(N)=O)c2)c1. The minimum absolute atomic E-state index is 0.0362. The number of hydrogen-bond donors (Lipinski definition) is 1. The predicted molar refractivity (Wildman–Crippen MR) is 92.2 cm³/mol. The van der Waals surface area contributed by atoms with E-state index in [0.717, 1.165) is 0 Å². The molecule has 132 valence electrons. The van der Waals surface area contributed by atoms with Gasteiger partial charge in [-0.3, -0.25) is 9.78 Å². The van der Waals surface area contributed by atoms with Crippen LogP contribution in [0.5, 0.6) is 5.75 Å². The minimum Gasteiger partial charge on any atom is -0.497 e. The lowest BCUT2D eigenvalue weighted by atomic mass is 10.1. The summed E-state index contributed by atoms with van der Waals surface area (Å²) < 4.78 is 34.1. The molecule has 0 aliphatic rings. The molecule has 0 aliphatic carbocycles. The van der Waals surface area contributed by atoms with Crippen LogP contribution in [0.25, 0.3) is 11.1 Å². The molecule has 0 saturated heterocycles. The van der Waals surface area contributed by atoms with Crippen molar-refractivity contribution >= 4 is 17.4 Å². The highest BCUT2D eigenvalue weighted by molar-refractivity contribution is 5.98. The van der Waals surface area contributed by atoms with Crippen LogP contribution in [-0.2, 0) is 0 Å². The molecule has 0 aliphatic heterocycles. The molecule has 1 aromatic carbocycles. The van der Waals surface area contributed by atoms with Gasteiger partial charge in [0, 0.05) is 23.5 Å². The van der Waals surface area contributed by atoms with Gasteiger partial charge >= 0.3 is 0 Å². The second-order valence-electron chi connectivity index (χ2n) is 5.30. The zero-order valence-corrected chi connectivity index (χ0v) is 13.7. The second-order valence-corrected chi connectivity index (χ2v) is 5.30. The Balaban J connectivity index is 2.04. The lowest BCUT2D eigenvalue weighted by Crippen LogP contribution is -2.17. The first-order valence-corrected chi connectivity index (χ1v) is 7.51. The number of nitrogens with two attached hydrogens (primary N) is 1. The summed E-state index contributed by atoms with van der Waals surface area (Å²) in [7, 11) is 1.46. The average Bonchev–Trinajstić information content (AvgIpc) is 2.68.